The van der Waals surface area contributed by atoms with E-state index in [1.807, 2.05) is 11.0 Å². The lowest BCUT2D eigenvalue weighted by molar-refractivity contribution is 0.0659. The van der Waals surface area contributed by atoms with E-state index in [1.54, 1.807) is 0 Å². The highest BCUT2D eigenvalue weighted by atomic mass is 16.2. The van der Waals surface area contributed by atoms with Gasteiger partial charge < -0.3 is 14.8 Å². The highest BCUT2D eigenvalue weighted by Gasteiger charge is 2.27. The summed E-state index contributed by atoms with van der Waals surface area (Å²) >= 11 is 0. The summed E-state index contributed by atoms with van der Waals surface area (Å²) < 4.78 is 0. The number of aromatic amines is 1. The Morgan fingerprint density at radius 1 is 1.22 bits per heavy atom. The quantitative estimate of drug-likeness (QED) is 0.787. The van der Waals surface area contributed by atoms with Crippen molar-refractivity contribution < 1.29 is 9.59 Å². The predicted molar refractivity (Wildman–Crippen MR) is 66.8 cm³/mol. The van der Waals surface area contributed by atoms with E-state index in [0.29, 0.717) is 17.8 Å². The van der Waals surface area contributed by atoms with Crippen LogP contribution in [-0.4, -0.2) is 59.7 Å². The van der Waals surface area contributed by atoms with E-state index in [4.69, 9.17) is 0 Å². The Kier molecular flexibility index (Phi) is 2.70. The van der Waals surface area contributed by atoms with Crippen LogP contribution in [0.3, 0.4) is 0 Å². The number of carbonyl (C=O) groups excluding carboxylic acids is 2. The number of fused-ring (bicyclic) bond motifs is 1. The predicted octanol–water partition coefficient (Wildman–Crippen LogP) is 0.531. The number of aromatic nitrogens is 1. The Morgan fingerprint density at radius 2 is 1.94 bits per heavy atom. The van der Waals surface area contributed by atoms with Crippen LogP contribution in [0.25, 0.3) is 0 Å². The first-order valence-electron chi connectivity index (χ1n) is 6.38. The molecule has 1 aliphatic heterocycles. The number of Topliss-reactive ketones (excluding diaryl/α,β-unsaturated/α-hetero) is 1. The normalized spacial score (nSPS) is 20.3. The van der Waals surface area contributed by atoms with Gasteiger partial charge in [0.1, 0.15) is 5.69 Å². The van der Waals surface area contributed by atoms with Gasteiger partial charge in [-0.25, -0.2) is 0 Å². The number of hydrogen-bond donors (Lipinski definition) is 1. The summed E-state index contributed by atoms with van der Waals surface area (Å²) in [5, 5.41) is 0. The molecule has 1 aromatic rings. The molecule has 18 heavy (non-hydrogen) atoms. The van der Waals surface area contributed by atoms with E-state index in [-0.39, 0.29) is 11.7 Å². The van der Waals surface area contributed by atoms with Crippen molar-refractivity contribution in [2.45, 2.75) is 12.8 Å². The summed E-state index contributed by atoms with van der Waals surface area (Å²) in [6, 6.07) is 1.85. The van der Waals surface area contributed by atoms with Crippen LogP contribution in [0.5, 0.6) is 0 Å². The smallest absolute Gasteiger partial charge is 0.270 e. The van der Waals surface area contributed by atoms with E-state index >= 15 is 0 Å². The van der Waals surface area contributed by atoms with Crippen LogP contribution >= 0.6 is 0 Å². The van der Waals surface area contributed by atoms with Gasteiger partial charge in [0, 0.05) is 32.6 Å². The third kappa shape index (κ3) is 1.84. The van der Waals surface area contributed by atoms with Crippen LogP contribution < -0.4 is 0 Å². The minimum atomic E-state index is 0.0188. The number of carbonyl (C=O) groups is 2. The molecule has 0 saturated carbocycles. The Labute approximate surface area is 106 Å². The third-order valence-corrected chi connectivity index (χ3v) is 3.82. The van der Waals surface area contributed by atoms with Gasteiger partial charge in [-0.3, -0.25) is 9.59 Å². The molecular weight excluding hydrogens is 230 g/mol. The van der Waals surface area contributed by atoms with Crippen molar-refractivity contribution in [3.63, 3.8) is 0 Å². The Morgan fingerprint density at radius 3 is 2.61 bits per heavy atom. The zero-order valence-corrected chi connectivity index (χ0v) is 10.5. The number of H-pyrrole nitrogens is 1. The average molecular weight is 247 g/mol. The maximum atomic E-state index is 12.3. The summed E-state index contributed by atoms with van der Waals surface area (Å²) in [5.41, 5.74) is 2.21. The Balaban J connectivity index is 1.77. The van der Waals surface area contributed by atoms with Crippen LogP contribution in [0.15, 0.2) is 6.07 Å². The van der Waals surface area contributed by atoms with Gasteiger partial charge >= 0.3 is 0 Å². The molecule has 0 spiro atoms. The first-order valence-corrected chi connectivity index (χ1v) is 6.38. The van der Waals surface area contributed by atoms with Gasteiger partial charge in [-0.05, 0) is 25.1 Å². The van der Waals surface area contributed by atoms with Gasteiger partial charge in [0.2, 0.25) is 0 Å². The number of hydrogen-bond acceptors (Lipinski definition) is 3. The third-order valence-electron chi connectivity index (χ3n) is 3.82. The van der Waals surface area contributed by atoms with E-state index in [0.717, 1.165) is 38.2 Å². The number of ketones is 1. The molecule has 3 rings (SSSR count). The molecule has 1 fully saturated rings. The maximum absolute atomic E-state index is 12.3. The number of amides is 1. The van der Waals surface area contributed by atoms with Gasteiger partial charge in [-0.15, -0.1) is 0 Å². The first-order chi connectivity index (χ1) is 8.65. The summed E-state index contributed by atoms with van der Waals surface area (Å²) in [7, 11) is 2.06. The van der Waals surface area contributed by atoms with Crippen LogP contribution in [0.1, 0.15) is 33.0 Å². The number of nitrogens with zero attached hydrogens (tertiary/aromatic N) is 2. The van der Waals surface area contributed by atoms with Gasteiger partial charge in [-0.1, -0.05) is 0 Å². The van der Waals surface area contributed by atoms with Gasteiger partial charge in [0.25, 0.3) is 5.91 Å². The number of likely N-dealkylation sites (N-methyl/N-ethyl adjacent to an activating group) is 1. The van der Waals surface area contributed by atoms with Crippen LogP contribution in [0.2, 0.25) is 0 Å². The fourth-order valence-corrected chi connectivity index (χ4v) is 2.61. The van der Waals surface area contributed by atoms with Crippen molar-refractivity contribution >= 4 is 11.7 Å². The fraction of sp³-hybridized carbons (Fsp3) is 0.538. The molecule has 5 nitrogen and oxygen atoms in total. The molecule has 0 aromatic carbocycles. The van der Waals surface area contributed by atoms with E-state index in [1.165, 1.54) is 0 Å². The number of piperazine rings is 1. The van der Waals surface area contributed by atoms with Crippen molar-refractivity contribution in [2.75, 3.05) is 33.2 Å². The van der Waals surface area contributed by atoms with E-state index < -0.39 is 0 Å². The molecule has 5 heteroatoms. The molecule has 2 aliphatic rings. The lowest BCUT2D eigenvalue weighted by atomic mass is 10.2. The maximum Gasteiger partial charge on any atom is 0.270 e. The minimum absolute atomic E-state index is 0.0188. The van der Waals surface area contributed by atoms with Crippen LogP contribution in [-0.2, 0) is 6.42 Å². The van der Waals surface area contributed by atoms with Crippen molar-refractivity contribution in [3.05, 3.63) is 23.0 Å². The van der Waals surface area contributed by atoms with Crippen molar-refractivity contribution in [2.24, 2.45) is 0 Å². The van der Waals surface area contributed by atoms with Gasteiger partial charge in [0.15, 0.2) is 5.78 Å². The van der Waals surface area contributed by atoms with Gasteiger partial charge in [0.05, 0.1) is 5.69 Å². The Bertz CT molecular complexity index is 498. The molecule has 96 valence electrons. The monoisotopic (exact) mass is 247 g/mol. The second-order valence-electron chi connectivity index (χ2n) is 5.10. The molecule has 1 saturated heterocycles. The van der Waals surface area contributed by atoms with E-state index in [9.17, 15) is 9.59 Å². The molecule has 0 unspecified atom stereocenters. The Hall–Kier alpha value is -1.62. The molecular formula is C13H17N3O2. The number of rotatable bonds is 1. The molecule has 1 N–H and O–H groups in total. The van der Waals surface area contributed by atoms with Crippen LogP contribution in [0, 0.1) is 0 Å². The molecule has 0 bridgehead atoms. The van der Waals surface area contributed by atoms with Crippen LogP contribution in [0.4, 0.5) is 0 Å². The van der Waals surface area contributed by atoms with Crippen molar-refractivity contribution in [1.29, 1.82) is 0 Å². The summed E-state index contributed by atoms with van der Waals surface area (Å²) in [4.78, 5) is 30.9. The minimum Gasteiger partial charge on any atom is -0.348 e. The molecule has 0 atom stereocenters. The molecule has 1 amide bonds. The van der Waals surface area contributed by atoms with Crippen molar-refractivity contribution in [1.82, 2.24) is 14.8 Å². The van der Waals surface area contributed by atoms with E-state index in [2.05, 4.69) is 16.9 Å². The second-order valence-corrected chi connectivity index (χ2v) is 5.10. The zero-order valence-electron chi connectivity index (χ0n) is 10.5. The molecule has 1 aromatic heterocycles. The van der Waals surface area contributed by atoms with Crippen molar-refractivity contribution in [3.8, 4) is 0 Å². The molecule has 0 radical (unpaired) electrons. The molecule has 2 heterocycles. The fourth-order valence-electron chi connectivity index (χ4n) is 2.61. The highest BCUT2D eigenvalue weighted by Crippen LogP contribution is 2.23. The lowest BCUT2D eigenvalue weighted by Crippen LogP contribution is -2.47. The zero-order chi connectivity index (χ0) is 12.7. The number of nitrogens with one attached hydrogen (secondary N) is 1. The van der Waals surface area contributed by atoms with Gasteiger partial charge in [-0.2, -0.15) is 0 Å². The summed E-state index contributed by atoms with van der Waals surface area (Å²) in [6.07, 6.45) is 1.34. The molecule has 1 aliphatic carbocycles. The highest BCUT2D eigenvalue weighted by molar-refractivity contribution is 6.02. The average Bonchev–Trinajstić information content (AvgIpc) is 2.92. The largest absolute Gasteiger partial charge is 0.348 e. The standard InChI is InChI=1S/C13H17N3O2/c1-15-4-6-16(7-5-15)13(18)10-8-9-2-3-11(17)12(9)14-10/h8,14H,2-7H2,1H3. The lowest BCUT2D eigenvalue weighted by Gasteiger charge is -2.32. The topological polar surface area (TPSA) is 56.4 Å². The second kappa shape index (κ2) is 4.24. The summed E-state index contributed by atoms with van der Waals surface area (Å²) in [5.74, 6) is 0.146. The SMILES string of the molecule is CN1CCN(C(=O)c2cc3c([nH]2)C(=O)CC3)CC1. The number of aryl methyl sites for hydroxylation is 1. The summed E-state index contributed by atoms with van der Waals surface area (Å²) in [6.45, 7) is 3.33. The first kappa shape index (κ1) is 11.5.